The summed E-state index contributed by atoms with van der Waals surface area (Å²) in [4.78, 5) is 23.0. The van der Waals surface area contributed by atoms with Gasteiger partial charge in [0.05, 0.1) is 13.0 Å². The van der Waals surface area contributed by atoms with Crippen LogP contribution in [0.4, 0.5) is 4.39 Å². The van der Waals surface area contributed by atoms with E-state index >= 15 is 4.39 Å². The van der Waals surface area contributed by atoms with Crippen LogP contribution >= 0.6 is 0 Å². The highest BCUT2D eigenvalue weighted by Gasteiger charge is 2.32. The molecule has 204 valence electrons. The lowest BCUT2D eigenvalue weighted by molar-refractivity contribution is -0.137. The van der Waals surface area contributed by atoms with Crippen molar-refractivity contribution in [1.82, 2.24) is 4.57 Å². The van der Waals surface area contributed by atoms with Crippen molar-refractivity contribution in [2.24, 2.45) is 7.05 Å². The van der Waals surface area contributed by atoms with E-state index in [1.54, 1.807) is 23.7 Å². The Labute approximate surface area is 231 Å². The number of aliphatic carboxylic acids is 1. The molecular weight excluding hydrogens is 509 g/mol. The summed E-state index contributed by atoms with van der Waals surface area (Å²) in [5, 5.41) is 9.16. The molecule has 0 saturated heterocycles. The molecule has 0 amide bonds. The lowest BCUT2D eigenvalue weighted by Crippen LogP contribution is -2.13. The Kier molecular flexibility index (Phi) is 6.45. The minimum atomic E-state index is -0.859. The first-order valence-electron chi connectivity index (χ1n) is 13.4. The van der Waals surface area contributed by atoms with Gasteiger partial charge in [-0.25, -0.2) is 4.39 Å². The molecule has 3 aromatic carbocycles. The van der Waals surface area contributed by atoms with E-state index in [2.05, 4.69) is 26.0 Å². The number of carbonyl (C=O) groups is 1. The second-order valence-corrected chi connectivity index (χ2v) is 10.8. The van der Waals surface area contributed by atoms with Crippen molar-refractivity contribution in [3.8, 4) is 33.8 Å². The maximum absolute atomic E-state index is 15.3. The van der Waals surface area contributed by atoms with Gasteiger partial charge in [-0.05, 0) is 83.8 Å². The lowest BCUT2D eigenvalue weighted by Gasteiger charge is -2.19. The molecule has 0 spiro atoms. The molecule has 0 radical (unpaired) electrons. The normalized spacial score (nSPS) is 17.3. The Bertz CT molecular complexity index is 1700. The van der Waals surface area contributed by atoms with Crippen molar-refractivity contribution < 1.29 is 23.8 Å². The minimum Gasteiger partial charge on any atom is -0.492 e. The maximum atomic E-state index is 15.3. The summed E-state index contributed by atoms with van der Waals surface area (Å²) in [5.41, 5.74) is 8.60. The number of nitrogens with zero attached hydrogens (tertiary/aromatic N) is 1. The zero-order valence-electron chi connectivity index (χ0n) is 22.7. The smallest absolute Gasteiger partial charge is 0.304 e. The van der Waals surface area contributed by atoms with E-state index in [0.717, 1.165) is 44.5 Å². The number of fused-ring (bicyclic) bond motifs is 2. The highest BCUT2D eigenvalue weighted by Crippen LogP contribution is 2.45. The number of carboxylic acids is 1. The molecule has 2 heterocycles. The number of rotatable bonds is 6. The zero-order chi connectivity index (χ0) is 28.1. The van der Waals surface area contributed by atoms with E-state index in [-0.39, 0.29) is 23.7 Å². The molecule has 0 saturated carbocycles. The molecule has 6 rings (SSSR count). The largest absolute Gasteiger partial charge is 0.492 e. The number of benzene rings is 3. The number of aryl methyl sites for hydroxylation is 3. The summed E-state index contributed by atoms with van der Waals surface area (Å²) >= 11 is 0. The van der Waals surface area contributed by atoms with Gasteiger partial charge < -0.3 is 19.1 Å². The summed E-state index contributed by atoms with van der Waals surface area (Å²) in [6.45, 7) is 4.46. The predicted molar refractivity (Wildman–Crippen MR) is 151 cm³/mol. The van der Waals surface area contributed by atoms with Crippen molar-refractivity contribution >= 4 is 5.97 Å². The van der Waals surface area contributed by atoms with Gasteiger partial charge in [-0.1, -0.05) is 24.3 Å². The predicted octanol–water partition coefficient (Wildman–Crippen LogP) is 6.49. The second-order valence-electron chi connectivity index (χ2n) is 10.8. The van der Waals surface area contributed by atoms with Gasteiger partial charge in [-0.15, -0.1) is 0 Å². The molecule has 7 heteroatoms. The van der Waals surface area contributed by atoms with Crippen LogP contribution in [0.5, 0.6) is 11.5 Å². The van der Waals surface area contributed by atoms with Gasteiger partial charge in [0.25, 0.3) is 0 Å². The van der Waals surface area contributed by atoms with Gasteiger partial charge in [0.2, 0.25) is 5.56 Å². The zero-order valence-corrected chi connectivity index (χ0v) is 22.7. The van der Waals surface area contributed by atoms with E-state index in [1.165, 1.54) is 6.07 Å². The van der Waals surface area contributed by atoms with Crippen molar-refractivity contribution in [1.29, 1.82) is 0 Å². The number of aromatic nitrogens is 1. The highest BCUT2D eigenvalue weighted by molar-refractivity contribution is 5.79. The third kappa shape index (κ3) is 4.55. The molecule has 6 nitrogen and oxygen atoms in total. The number of halogens is 1. The summed E-state index contributed by atoms with van der Waals surface area (Å²) in [6.07, 6.45) is 2.76. The summed E-state index contributed by atoms with van der Waals surface area (Å²) in [6, 6.07) is 16.5. The molecule has 40 heavy (non-hydrogen) atoms. The average Bonchev–Trinajstić information content (AvgIpc) is 3.51. The molecule has 2 atom stereocenters. The molecule has 2 aliphatic rings. The maximum Gasteiger partial charge on any atom is 0.304 e. The summed E-state index contributed by atoms with van der Waals surface area (Å²) in [7, 11) is 1.74. The van der Waals surface area contributed by atoms with Gasteiger partial charge >= 0.3 is 5.97 Å². The summed E-state index contributed by atoms with van der Waals surface area (Å²) in [5.74, 6) is -0.118. The second kappa shape index (κ2) is 9.97. The van der Waals surface area contributed by atoms with Crippen LogP contribution in [0.1, 0.15) is 52.7 Å². The third-order valence-corrected chi connectivity index (χ3v) is 8.07. The molecule has 1 unspecified atom stereocenters. The van der Waals surface area contributed by atoms with Crippen molar-refractivity contribution in [3.63, 3.8) is 0 Å². The Morgan fingerprint density at radius 1 is 1.07 bits per heavy atom. The van der Waals surface area contributed by atoms with Gasteiger partial charge in [-0.2, -0.15) is 0 Å². The van der Waals surface area contributed by atoms with Gasteiger partial charge in [0.15, 0.2) is 0 Å². The minimum absolute atomic E-state index is 0.0159. The molecule has 1 aromatic heterocycles. The fourth-order valence-electron chi connectivity index (χ4n) is 6.22. The van der Waals surface area contributed by atoms with E-state index < -0.39 is 12.1 Å². The van der Waals surface area contributed by atoms with Gasteiger partial charge in [-0.3, -0.25) is 9.59 Å². The molecule has 1 aliphatic carbocycles. The molecule has 1 N–H and O–H groups in total. The van der Waals surface area contributed by atoms with Crippen LogP contribution < -0.4 is 15.0 Å². The summed E-state index contributed by atoms with van der Waals surface area (Å²) < 4.78 is 28.9. The average molecular weight is 540 g/mol. The van der Waals surface area contributed by atoms with Gasteiger partial charge in [0, 0.05) is 42.4 Å². The highest BCUT2D eigenvalue weighted by atomic mass is 19.1. The Morgan fingerprint density at radius 2 is 1.85 bits per heavy atom. The molecule has 0 fully saturated rings. The fraction of sp³-hybridized carbons (Fsp3) is 0.273. The molecule has 0 bridgehead atoms. The van der Waals surface area contributed by atoms with E-state index in [4.69, 9.17) is 14.6 Å². The van der Waals surface area contributed by atoms with E-state index in [1.807, 2.05) is 30.5 Å². The number of carboxylic acid groups (broad SMARTS) is 1. The van der Waals surface area contributed by atoms with Gasteiger partial charge in [0.1, 0.15) is 23.4 Å². The van der Waals surface area contributed by atoms with Crippen LogP contribution in [-0.4, -0.2) is 22.2 Å². The monoisotopic (exact) mass is 539 g/mol. The lowest BCUT2D eigenvalue weighted by atomic mass is 9.88. The number of hydrogen-bond acceptors (Lipinski definition) is 4. The first kappa shape index (κ1) is 25.9. The molecular formula is C33H30FNO5. The standard InChI is InChI=1S/C33H30FNO5/c1-18-12-21(20-4-11-30(36)35(3)16-20)13-19(2)32(18)25-7-9-27(34)33-26(25)8-10-28(33)40-23-5-6-24-22(14-31(37)38)17-39-29(24)15-23/h4-7,9,11-13,15-16,22,28H,8,10,14,17H2,1-3H3,(H,37,38)/t22-,28?/m1/s1. The molecule has 4 aromatic rings. The fourth-order valence-corrected chi connectivity index (χ4v) is 6.22. The van der Waals surface area contributed by atoms with Crippen LogP contribution in [0.3, 0.4) is 0 Å². The number of hydrogen-bond donors (Lipinski definition) is 1. The first-order chi connectivity index (χ1) is 19.2. The number of pyridine rings is 1. The topological polar surface area (TPSA) is 77.8 Å². The Balaban J connectivity index is 1.31. The van der Waals surface area contributed by atoms with Crippen LogP contribution in [0.2, 0.25) is 0 Å². The number of ether oxygens (including phenoxy) is 2. The third-order valence-electron chi connectivity index (χ3n) is 8.07. The van der Waals surface area contributed by atoms with Crippen molar-refractivity contribution in [2.75, 3.05) is 6.61 Å². The van der Waals surface area contributed by atoms with Crippen molar-refractivity contribution in [2.45, 2.75) is 45.1 Å². The first-order valence-corrected chi connectivity index (χ1v) is 13.4. The Hall–Kier alpha value is -4.39. The van der Waals surface area contributed by atoms with E-state index in [0.29, 0.717) is 36.5 Å². The Morgan fingerprint density at radius 3 is 2.58 bits per heavy atom. The van der Waals surface area contributed by atoms with Crippen LogP contribution in [0.25, 0.3) is 22.3 Å². The molecule has 1 aliphatic heterocycles. The SMILES string of the molecule is Cc1cc(-c2ccc(=O)n(C)c2)cc(C)c1-c1ccc(F)c2c1CCC2Oc1ccc2c(c1)OC[C@H]2CC(=O)O. The van der Waals surface area contributed by atoms with Crippen LogP contribution in [-0.2, 0) is 18.3 Å². The van der Waals surface area contributed by atoms with E-state index in [9.17, 15) is 9.59 Å². The van der Waals surface area contributed by atoms with Crippen LogP contribution in [0.15, 0.2) is 65.6 Å². The van der Waals surface area contributed by atoms with Crippen LogP contribution in [0, 0.1) is 19.7 Å². The van der Waals surface area contributed by atoms with Crippen molar-refractivity contribution in [3.05, 3.63) is 105 Å². The quantitative estimate of drug-likeness (QED) is 0.303.